The topological polar surface area (TPSA) is 65.4 Å². The summed E-state index contributed by atoms with van der Waals surface area (Å²) in [4.78, 5) is 16.0. The largest absolute Gasteiger partial charge is 0.343 e. The van der Waals surface area contributed by atoms with E-state index in [0.29, 0.717) is 25.2 Å². The minimum Gasteiger partial charge on any atom is -0.343 e. The molecule has 1 aliphatic heterocycles. The number of fused-ring (bicyclic) bond motifs is 1. The lowest BCUT2D eigenvalue weighted by Gasteiger charge is -2.27. The van der Waals surface area contributed by atoms with Crippen LogP contribution in [0.15, 0.2) is 47.5 Å². The number of hydrogen-bond donors (Lipinski definition) is 2. The van der Waals surface area contributed by atoms with E-state index >= 15 is 0 Å². The molecule has 0 fully saturated rings. The number of aromatic nitrogens is 2. The summed E-state index contributed by atoms with van der Waals surface area (Å²) >= 11 is 6.25. The Morgan fingerprint density at radius 2 is 2.04 bits per heavy atom. The minimum atomic E-state index is 0.556. The van der Waals surface area contributed by atoms with Crippen LogP contribution in [-0.4, -0.2) is 34.2 Å². The second-order valence-corrected chi connectivity index (χ2v) is 7.27. The highest BCUT2D eigenvalue weighted by Gasteiger charge is 2.15. The molecule has 2 aromatic carbocycles. The van der Waals surface area contributed by atoms with Crippen molar-refractivity contribution in [3.8, 4) is 0 Å². The van der Waals surface area contributed by atoms with Gasteiger partial charge in [-0.3, -0.25) is 10.2 Å². The molecular weight excluding hydrogens is 372 g/mol. The van der Waals surface area contributed by atoms with Crippen LogP contribution in [0.2, 0.25) is 5.02 Å². The Morgan fingerprint density at radius 1 is 1.18 bits per heavy atom. The van der Waals surface area contributed by atoms with Crippen molar-refractivity contribution in [3.05, 3.63) is 64.3 Å². The molecule has 3 aromatic rings. The summed E-state index contributed by atoms with van der Waals surface area (Å²) in [6.07, 6.45) is 1.00. The number of nitrogens with one attached hydrogen (secondary N) is 2. The molecule has 0 bridgehead atoms. The van der Waals surface area contributed by atoms with Gasteiger partial charge in [-0.05, 0) is 42.7 Å². The fourth-order valence-electron chi connectivity index (χ4n) is 3.23. The maximum absolute atomic E-state index is 6.25. The Kier molecular flexibility index (Phi) is 5.41. The molecule has 0 amide bonds. The summed E-state index contributed by atoms with van der Waals surface area (Å²) in [5, 5.41) is 8.36. The third-order valence-corrected chi connectivity index (χ3v) is 5.21. The summed E-state index contributed by atoms with van der Waals surface area (Å²) in [6, 6.07) is 14.2. The number of guanidine groups is 1. The molecule has 28 heavy (non-hydrogen) atoms. The summed E-state index contributed by atoms with van der Waals surface area (Å²) in [7, 11) is 0. The quantitative estimate of drug-likeness (QED) is 0.701. The van der Waals surface area contributed by atoms with Gasteiger partial charge in [-0.25, -0.2) is 15.0 Å². The van der Waals surface area contributed by atoms with Crippen LogP contribution in [0, 0.1) is 6.92 Å². The second-order valence-electron chi connectivity index (χ2n) is 6.87. The van der Waals surface area contributed by atoms with Crippen LogP contribution in [0.3, 0.4) is 0 Å². The van der Waals surface area contributed by atoms with Gasteiger partial charge in [-0.15, -0.1) is 0 Å². The SMILES string of the molecule is CCc1ccc2nc(NC3=NCN(Cc4ccccc4Cl)CN3)nc(C)c2c1. The summed E-state index contributed by atoms with van der Waals surface area (Å²) in [6.45, 7) is 6.15. The molecule has 0 radical (unpaired) electrons. The van der Waals surface area contributed by atoms with E-state index in [1.807, 2.05) is 31.2 Å². The zero-order chi connectivity index (χ0) is 19.5. The number of aryl methyl sites for hydroxylation is 2. The standard InChI is InChI=1S/C21H23ClN6/c1-3-15-8-9-19-17(10-15)14(2)25-21(26-19)27-20-23-12-28(13-24-20)11-16-6-4-5-7-18(16)22/h4-10H,3,11-13H2,1-2H3,(H2,23,24,25,26,27). The molecule has 0 saturated carbocycles. The average Bonchev–Trinajstić information content (AvgIpc) is 2.71. The summed E-state index contributed by atoms with van der Waals surface area (Å²) in [5.74, 6) is 1.24. The Labute approximate surface area is 169 Å². The highest BCUT2D eigenvalue weighted by Crippen LogP contribution is 2.20. The smallest absolute Gasteiger partial charge is 0.230 e. The van der Waals surface area contributed by atoms with Gasteiger partial charge in [0, 0.05) is 17.0 Å². The molecule has 1 aromatic heterocycles. The lowest BCUT2D eigenvalue weighted by molar-refractivity contribution is 0.257. The van der Waals surface area contributed by atoms with Crippen molar-refractivity contribution in [3.63, 3.8) is 0 Å². The van der Waals surface area contributed by atoms with E-state index in [1.165, 1.54) is 5.56 Å². The molecular formula is C21H23ClN6. The number of benzene rings is 2. The molecule has 2 N–H and O–H groups in total. The third-order valence-electron chi connectivity index (χ3n) is 4.84. The first-order valence-corrected chi connectivity index (χ1v) is 9.78. The molecule has 0 saturated heterocycles. The van der Waals surface area contributed by atoms with Gasteiger partial charge < -0.3 is 5.32 Å². The van der Waals surface area contributed by atoms with Crippen LogP contribution in [0.25, 0.3) is 10.9 Å². The van der Waals surface area contributed by atoms with Gasteiger partial charge >= 0.3 is 0 Å². The maximum Gasteiger partial charge on any atom is 0.230 e. The Morgan fingerprint density at radius 3 is 2.79 bits per heavy atom. The van der Waals surface area contributed by atoms with Gasteiger partial charge in [0.1, 0.15) is 0 Å². The van der Waals surface area contributed by atoms with E-state index in [0.717, 1.165) is 40.1 Å². The lowest BCUT2D eigenvalue weighted by atomic mass is 10.1. The molecule has 2 heterocycles. The van der Waals surface area contributed by atoms with Crippen LogP contribution < -0.4 is 10.6 Å². The van der Waals surface area contributed by atoms with Crippen molar-refractivity contribution in [2.24, 2.45) is 4.99 Å². The van der Waals surface area contributed by atoms with Crippen LogP contribution in [0.5, 0.6) is 0 Å². The normalized spacial score (nSPS) is 14.6. The monoisotopic (exact) mass is 394 g/mol. The zero-order valence-corrected chi connectivity index (χ0v) is 16.8. The molecule has 0 atom stereocenters. The Bertz CT molecular complexity index is 1030. The van der Waals surface area contributed by atoms with Crippen LogP contribution in [0.1, 0.15) is 23.7 Å². The second kappa shape index (κ2) is 8.12. The van der Waals surface area contributed by atoms with Gasteiger partial charge in [0.15, 0.2) is 0 Å². The van der Waals surface area contributed by atoms with Crippen LogP contribution >= 0.6 is 11.6 Å². The van der Waals surface area contributed by atoms with Crippen molar-refractivity contribution in [2.45, 2.75) is 26.8 Å². The highest BCUT2D eigenvalue weighted by molar-refractivity contribution is 6.31. The van der Waals surface area contributed by atoms with Crippen LogP contribution in [-0.2, 0) is 13.0 Å². The first-order valence-electron chi connectivity index (χ1n) is 9.41. The van der Waals surface area contributed by atoms with E-state index in [1.54, 1.807) is 0 Å². The van der Waals surface area contributed by atoms with Gasteiger partial charge in [0.05, 0.1) is 24.5 Å². The fraction of sp³-hybridized carbons (Fsp3) is 0.286. The number of rotatable bonds is 4. The van der Waals surface area contributed by atoms with E-state index in [2.05, 4.69) is 55.6 Å². The van der Waals surface area contributed by atoms with E-state index < -0.39 is 0 Å². The van der Waals surface area contributed by atoms with Crippen LogP contribution in [0.4, 0.5) is 5.95 Å². The highest BCUT2D eigenvalue weighted by atomic mass is 35.5. The fourth-order valence-corrected chi connectivity index (χ4v) is 3.43. The molecule has 7 heteroatoms. The van der Waals surface area contributed by atoms with E-state index in [-0.39, 0.29) is 0 Å². The predicted octanol–water partition coefficient (Wildman–Crippen LogP) is 3.94. The van der Waals surface area contributed by atoms with Gasteiger partial charge in [0.2, 0.25) is 11.9 Å². The molecule has 144 valence electrons. The number of aliphatic imine (C=N–C) groups is 1. The average molecular weight is 395 g/mol. The lowest BCUT2D eigenvalue weighted by Crippen LogP contribution is -2.45. The van der Waals surface area contributed by atoms with E-state index in [4.69, 9.17) is 11.6 Å². The summed E-state index contributed by atoms with van der Waals surface area (Å²) < 4.78 is 0. The molecule has 1 aliphatic rings. The number of nitrogens with zero attached hydrogens (tertiary/aromatic N) is 4. The zero-order valence-electron chi connectivity index (χ0n) is 16.0. The van der Waals surface area contributed by atoms with Crippen molar-refractivity contribution in [1.82, 2.24) is 20.2 Å². The van der Waals surface area contributed by atoms with E-state index in [9.17, 15) is 0 Å². The Balaban J connectivity index is 1.45. The Hall–Kier alpha value is -2.70. The molecule has 4 rings (SSSR count). The minimum absolute atomic E-state index is 0.556. The molecule has 0 aliphatic carbocycles. The first kappa shape index (κ1) is 18.7. The number of hydrogen-bond acceptors (Lipinski definition) is 6. The molecule has 0 spiro atoms. The van der Waals surface area contributed by atoms with Gasteiger partial charge in [-0.2, -0.15) is 0 Å². The number of anilines is 1. The van der Waals surface area contributed by atoms with Gasteiger partial charge in [0.25, 0.3) is 0 Å². The maximum atomic E-state index is 6.25. The van der Waals surface area contributed by atoms with Crippen molar-refractivity contribution >= 4 is 34.4 Å². The van der Waals surface area contributed by atoms with Crippen molar-refractivity contribution < 1.29 is 0 Å². The van der Waals surface area contributed by atoms with Gasteiger partial charge in [-0.1, -0.05) is 42.8 Å². The molecule has 0 unspecified atom stereocenters. The number of halogens is 1. The third kappa shape index (κ3) is 4.08. The predicted molar refractivity (Wildman–Crippen MR) is 115 cm³/mol. The first-order chi connectivity index (χ1) is 13.6. The van der Waals surface area contributed by atoms with Crippen molar-refractivity contribution in [1.29, 1.82) is 0 Å². The van der Waals surface area contributed by atoms with Crippen molar-refractivity contribution in [2.75, 3.05) is 18.7 Å². The summed E-state index contributed by atoms with van der Waals surface area (Å²) in [5.41, 5.74) is 4.28. The molecule has 6 nitrogen and oxygen atoms in total.